The summed E-state index contributed by atoms with van der Waals surface area (Å²) in [6.07, 6.45) is -0.973. The molecule has 0 unspecified atom stereocenters. The summed E-state index contributed by atoms with van der Waals surface area (Å²) < 4.78 is 118. The average Bonchev–Trinajstić information content (AvgIpc) is 3.03. The van der Waals surface area contributed by atoms with E-state index >= 15 is 0 Å². The van der Waals surface area contributed by atoms with E-state index < -0.39 is 58.9 Å². The van der Waals surface area contributed by atoms with Gasteiger partial charge >= 0.3 is 12.1 Å². The third-order valence-electron chi connectivity index (χ3n) is 5.35. The molecule has 0 aliphatic heterocycles. The molecule has 1 rings (SSSR count). The van der Waals surface area contributed by atoms with Crippen molar-refractivity contribution in [3.8, 4) is 5.75 Å². The molecule has 0 spiro atoms. The maximum Gasteiger partial charge on any atom is 0.407 e. The van der Waals surface area contributed by atoms with Crippen LogP contribution < -0.4 is 10.1 Å². The van der Waals surface area contributed by atoms with Gasteiger partial charge in [-0.1, -0.05) is 0 Å². The van der Waals surface area contributed by atoms with Crippen LogP contribution in [0.3, 0.4) is 0 Å². The molecule has 48 heavy (non-hydrogen) atoms. The number of benzene rings is 1. The third-order valence-corrected chi connectivity index (χ3v) is 5.35. The number of carbonyl (C=O) groups excluding carboxylic acids is 2. The van der Waals surface area contributed by atoms with Gasteiger partial charge in [-0.2, -0.15) is 8.78 Å². The Kier molecular flexibility index (Phi) is 23.6. The quantitative estimate of drug-likeness (QED) is 0.0342. The van der Waals surface area contributed by atoms with Crippen LogP contribution in [0.15, 0.2) is 0 Å². The van der Waals surface area contributed by atoms with E-state index in [1.807, 2.05) is 0 Å². The van der Waals surface area contributed by atoms with E-state index in [0.717, 1.165) is 0 Å². The minimum absolute atomic E-state index is 0.0758. The highest BCUT2D eigenvalue weighted by molar-refractivity contribution is 5.72. The zero-order valence-electron chi connectivity index (χ0n) is 27.5. The van der Waals surface area contributed by atoms with E-state index in [9.17, 15) is 31.5 Å². The first kappa shape index (κ1) is 43.3. The van der Waals surface area contributed by atoms with Gasteiger partial charge in [0.05, 0.1) is 112 Å². The Morgan fingerprint density at radius 3 is 1.17 bits per heavy atom. The van der Waals surface area contributed by atoms with E-state index in [0.29, 0.717) is 85.8 Å². The molecule has 278 valence electrons. The number of hydrogen-bond donors (Lipinski definition) is 1. The zero-order chi connectivity index (χ0) is 35.6. The van der Waals surface area contributed by atoms with Gasteiger partial charge in [-0.15, -0.1) is 0 Å². The molecule has 0 saturated heterocycles. The SMILES string of the molecule is CC(C)(C)OC(=O)NCCOCCOCCOCCOCCOCCOCCOCCOCCC(=O)Oc1c(F)c(F)c(F)c(F)c1F. The second-order valence-corrected chi connectivity index (χ2v) is 10.5. The van der Waals surface area contributed by atoms with E-state index in [1.54, 1.807) is 20.8 Å². The van der Waals surface area contributed by atoms with Crippen molar-refractivity contribution in [2.75, 3.05) is 112 Å². The number of halogens is 5. The summed E-state index contributed by atoms with van der Waals surface area (Å²) in [4.78, 5) is 23.1. The molecule has 0 atom stereocenters. The van der Waals surface area contributed by atoms with Gasteiger partial charge in [-0.25, -0.2) is 18.0 Å². The molecule has 1 amide bonds. The van der Waals surface area contributed by atoms with Gasteiger partial charge in [0, 0.05) is 6.54 Å². The molecular weight excluding hydrogens is 661 g/mol. The molecular formula is C30H46F5NO12. The fraction of sp³-hybridized carbons (Fsp3) is 0.733. The minimum atomic E-state index is -2.35. The molecule has 1 aromatic carbocycles. The molecule has 1 N–H and O–H groups in total. The van der Waals surface area contributed by atoms with Gasteiger partial charge in [0.2, 0.25) is 34.8 Å². The Bertz CT molecular complexity index is 1020. The van der Waals surface area contributed by atoms with Crippen LogP contribution in [-0.2, 0) is 47.4 Å². The number of amides is 1. The van der Waals surface area contributed by atoms with Crippen molar-refractivity contribution in [1.29, 1.82) is 0 Å². The standard InChI is InChI=1S/C30H46F5NO12/c1-30(2,3)48-29(38)36-5-7-40-9-11-42-13-15-44-17-19-46-21-20-45-18-16-43-14-12-41-10-8-39-6-4-22(37)47-28-26(34)24(32)23(31)25(33)27(28)35/h4-21H2,1-3H3,(H,36,38). The van der Waals surface area contributed by atoms with E-state index in [1.165, 1.54) is 0 Å². The highest BCUT2D eigenvalue weighted by atomic mass is 19.2. The maximum absolute atomic E-state index is 13.5. The van der Waals surface area contributed by atoms with Gasteiger partial charge in [-0.05, 0) is 20.8 Å². The first-order valence-corrected chi connectivity index (χ1v) is 15.2. The Morgan fingerprint density at radius 1 is 0.500 bits per heavy atom. The van der Waals surface area contributed by atoms with Crippen molar-refractivity contribution in [2.45, 2.75) is 32.8 Å². The fourth-order valence-electron chi connectivity index (χ4n) is 3.18. The smallest absolute Gasteiger partial charge is 0.407 e. The van der Waals surface area contributed by atoms with E-state index in [-0.39, 0.29) is 26.4 Å². The molecule has 0 bridgehead atoms. The Hall–Kier alpha value is -2.71. The number of alkyl carbamates (subject to hydrolysis) is 1. The molecule has 18 heteroatoms. The Labute approximate surface area is 276 Å². The van der Waals surface area contributed by atoms with Gasteiger partial charge in [0.1, 0.15) is 5.60 Å². The second-order valence-electron chi connectivity index (χ2n) is 10.5. The lowest BCUT2D eigenvalue weighted by Crippen LogP contribution is -2.34. The molecule has 0 fully saturated rings. The average molecular weight is 708 g/mol. The summed E-state index contributed by atoms with van der Waals surface area (Å²) in [6.45, 7) is 10.6. The number of ether oxygens (including phenoxy) is 10. The van der Waals surface area contributed by atoms with Crippen LogP contribution in [0.2, 0.25) is 0 Å². The first-order valence-electron chi connectivity index (χ1n) is 15.2. The Balaban J connectivity index is 1.79. The summed E-state index contributed by atoms with van der Waals surface area (Å²) in [5.74, 6) is -14.2. The van der Waals surface area contributed by atoms with E-state index in [2.05, 4.69) is 10.1 Å². The van der Waals surface area contributed by atoms with Crippen LogP contribution in [0.1, 0.15) is 27.2 Å². The number of nitrogens with one attached hydrogen (secondary N) is 1. The summed E-state index contributed by atoms with van der Waals surface area (Å²) >= 11 is 0. The molecule has 0 aliphatic carbocycles. The number of rotatable bonds is 28. The molecule has 0 saturated carbocycles. The van der Waals surface area contributed by atoms with Gasteiger partial charge in [0.25, 0.3) is 0 Å². The molecule has 1 aromatic rings. The number of hydrogen-bond acceptors (Lipinski definition) is 12. The maximum atomic E-state index is 13.5. The van der Waals surface area contributed by atoms with Crippen LogP contribution in [0.4, 0.5) is 26.7 Å². The summed E-state index contributed by atoms with van der Waals surface area (Å²) in [5.41, 5.74) is -0.539. The van der Waals surface area contributed by atoms with Crippen LogP contribution in [0.25, 0.3) is 0 Å². The monoisotopic (exact) mass is 707 g/mol. The van der Waals surface area contributed by atoms with Gasteiger partial charge in [0.15, 0.2) is 0 Å². The van der Waals surface area contributed by atoms with Crippen molar-refractivity contribution in [3.63, 3.8) is 0 Å². The predicted molar refractivity (Wildman–Crippen MR) is 157 cm³/mol. The van der Waals surface area contributed by atoms with Gasteiger partial charge in [-0.3, -0.25) is 4.79 Å². The fourth-order valence-corrected chi connectivity index (χ4v) is 3.18. The van der Waals surface area contributed by atoms with Crippen molar-refractivity contribution in [1.82, 2.24) is 5.32 Å². The lowest BCUT2D eigenvalue weighted by molar-refractivity contribution is -0.136. The van der Waals surface area contributed by atoms with Crippen LogP contribution in [0, 0.1) is 29.1 Å². The predicted octanol–water partition coefficient (Wildman–Crippen LogP) is 3.34. The summed E-state index contributed by atoms with van der Waals surface area (Å²) in [6, 6.07) is 0. The molecule has 13 nitrogen and oxygen atoms in total. The Morgan fingerprint density at radius 2 is 0.812 bits per heavy atom. The van der Waals surface area contributed by atoms with Gasteiger partial charge < -0.3 is 52.7 Å². The molecule has 0 heterocycles. The molecule has 0 aliphatic rings. The number of esters is 1. The van der Waals surface area contributed by atoms with E-state index in [4.69, 9.17) is 42.6 Å². The van der Waals surface area contributed by atoms with Crippen molar-refractivity contribution in [3.05, 3.63) is 29.1 Å². The molecule has 0 aromatic heterocycles. The second kappa shape index (κ2) is 26.2. The first-order chi connectivity index (χ1) is 22.9. The largest absolute Gasteiger partial charge is 0.444 e. The van der Waals surface area contributed by atoms with Crippen LogP contribution >= 0.6 is 0 Å². The minimum Gasteiger partial charge on any atom is -0.444 e. The third kappa shape index (κ3) is 21.3. The summed E-state index contributed by atoms with van der Waals surface area (Å²) in [5, 5.41) is 2.60. The molecule has 0 radical (unpaired) electrons. The van der Waals surface area contributed by atoms with Crippen molar-refractivity contribution in [2.24, 2.45) is 0 Å². The lowest BCUT2D eigenvalue weighted by atomic mass is 10.2. The lowest BCUT2D eigenvalue weighted by Gasteiger charge is -2.19. The van der Waals surface area contributed by atoms with Crippen molar-refractivity contribution >= 4 is 12.1 Å². The topological polar surface area (TPSA) is 138 Å². The van der Waals surface area contributed by atoms with Crippen LogP contribution in [0.5, 0.6) is 5.75 Å². The normalized spacial score (nSPS) is 11.6. The highest BCUT2D eigenvalue weighted by Gasteiger charge is 2.28. The van der Waals surface area contributed by atoms with Crippen LogP contribution in [-0.4, -0.2) is 130 Å². The highest BCUT2D eigenvalue weighted by Crippen LogP contribution is 2.29. The number of carbonyl (C=O) groups is 2. The zero-order valence-corrected chi connectivity index (χ0v) is 27.5. The summed E-state index contributed by atoms with van der Waals surface area (Å²) in [7, 11) is 0. The van der Waals surface area contributed by atoms with Crippen molar-refractivity contribution < 1.29 is 78.9 Å².